The number of hydrogen-bond acceptors (Lipinski definition) is 1. The van der Waals surface area contributed by atoms with Crippen LogP contribution in [0.4, 0.5) is 0 Å². The molecule has 4 rings (SSSR count). The summed E-state index contributed by atoms with van der Waals surface area (Å²) in [4.78, 5) is 0. The zero-order valence-corrected chi connectivity index (χ0v) is 16.9. The first-order valence-electron chi connectivity index (χ1n) is 9.33. The summed E-state index contributed by atoms with van der Waals surface area (Å²) < 4.78 is 2.15. The van der Waals surface area contributed by atoms with Crippen LogP contribution in [0.5, 0.6) is 0 Å². The Morgan fingerprint density at radius 2 is 1.44 bits per heavy atom. The Balaban J connectivity index is 1.72. The maximum atomic E-state index is 4.74. The van der Waals surface area contributed by atoms with Crippen LogP contribution >= 0.6 is 7.92 Å². The average Bonchev–Trinajstić information content (AvgIpc) is 3.29. The first-order chi connectivity index (χ1) is 13.1. The van der Waals surface area contributed by atoms with Crippen LogP contribution in [-0.4, -0.2) is 9.78 Å². The lowest BCUT2D eigenvalue weighted by Crippen LogP contribution is -2.24. The van der Waals surface area contributed by atoms with Crippen LogP contribution < -0.4 is 10.6 Å². The molecule has 0 bridgehead atoms. The monoisotopic (exact) mass is 371 g/mol. The van der Waals surface area contributed by atoms with E-state index >= 15 is 0 Å². The van der Waals surface area contributed by atoms with Gasteiger partial charge in [-0.15, -0.1) is 0 Å². The maximum absolute atomic E-state index is 4.74. The summed E-state index contributed by atoms with van der Waals surface area (Å²) in [7, 11) is -0.597. The topological polar surface area (TPSA) is 17.8 Å². The largest absolute Gasteiger partial charge is 0.266 e. The van der Waals surface area contributed by atoms with E-state index < -0.39 is 7.92 Å². The number of benzene rings is 2. The fraction of sp³-hybridized carbons (Fsp3) is 0.167. The van der Waals surface area contributed by atoms with Crippen molar-refractivity contribution in [3.8, 4) is 0 Å². The number of rotatable bonds is 5. The molecule has 2 aromatic carbocycles. The smallest absolute Gasteiger partial charge is 0.0596 e. The van der Waals surface area contributed by atoms with Gasteiger partial charge in [0.2, 0.25) is 0 Å². The van der Waals surface area contributed by atoms with E-state index in [1.807, 2.05) is 0 Å². The normalized spacial score (nSPS) is 16.9. The van der Waals surface area contributed by atoms with Gasteiger partial charge in [-0.25, -0.2) is 0 Å². The zero-order valence-electron chi connectivity index (χ0n) is 16.0. The van der Waals surface area contributed by atoms with E-state index in [1.54, 1.807) is 0 Å². The Kier molecular flexibility index (Phi) is 5.45. The molecular formula is C24H24N2P. The molecule has 1 fully saturated rings. The van der Waals surface area contributed by atoms with Crippen molar-refractivity contribution in [3.63, 3.8) is 0 Å². The van der Waals surface area contributed by atoms with E-state index in [4.69, 9.17) is 5.10 Å². The summed E-state index contributed by atoms with van der Waals surface area (Å²) in [6, 6.07) is 24.1. The minimum absolute atomic E-state index is 0.209. The van der Waals surface area contributed by atoms with Crippen LogP contribution in [0.25, 0.3) is 0 Å². The third-order valence-corrected chi connectivity index (χ3v) is 7.48. The van der Waals surface area contributed by atoms with E-state index in [0.29, 0.717) is 0 Å². The molecule has 27 heavy (non-hydrogen) atoms. The number of aryl methyl sites for hydroxylation is 2. The molecule has 1 heterocycles. The molecule has 1 saturated carbocycles. The van der Waals surface area contributed by atoms with Crippen LogP contribution in [-0.2, 0) is 0 Å². The van der Waals surface area contributed by atoms with Crippen molar-refractivity contribution in [1.82, 2.24) is 9.78 Å². The molecule has 3 aromatic rings. The van der Waals surface area contributed by atoms with Gasteiger partial charge in [-0.2, -0.15) is 5.10 Å². The van der Waals surface area contributed by atoms with Gasteiger partial charge in [-0.1, -0.05) is 60.7 Å². The van der Waals surface area contributed by atoms with Gasteiger partial charge in [-0.05, 0) is 64.6 Å². The van der Waals surface area contributed by atoms with Crippen molar-refractivity contribution in [3.05, 3.63) is 109 Å². The van der Waals surface area contributed by atoms with Crippen molar-refractivity contribution in [2.45, 2.75) is 26.8 Å². The molecule has 1 aliphatic carbocycles. The molecule has 0 aliphatic heterocycles. The Labute approximate surface area is 164 Å². The minimum Gasteiger partial charge on any atom is -0.266 e. The quantitative estimate of drug-likeness (QED) is 0.582. The van der Waals surface area contributed by atoms with Crippen LogP contribution in [0, 0.1) is 44.7 Å². The van der Waals surface area contributed by atoms with E-state index in [2.05, 4.69) is 111 Å². The first kappa shape index (κ1) is 18.4. The fourth-order valence-electron chi connectivity index (χ4n) is 3.73. The molecule has 5 radical (unpaired) electrons. The van der Waals surface area contributed by atoms with Crippen molar-refractivity contribution in [2.75, 3.05) is 0 Å². The Morgan fingerprint density at radius 3 is 1.96 bits per heavy atom. The predicted molar refractivity (Wildman–Crippen MR) is 115 cm³/mol. The van der Waals surface area contributed by atoms with Crippen molar-refractivity contribution < 1.29 is 0 Å². The predicted octanol–water partition coefficient (Wildman–Crippen LogP) is 4.93. The molecule has 1 aliphatic rings. The van der Waals surface area contributed by atoms with Crippen LogP contribution in [0.3, 0.4) is 0 Å². The molecule has 1 aromatic heterocycles. The van der Waals surface area contributed by atoms with Crippen molar-refractivity contribution >= 4 is 18.5 Å². The first-order valence-corrected chi connectivity index (χ1v) is 10.7. The van der Waals surface area contributed by atoms with Crippen molar-refractivity contribution in [2.24, 2.45) is 0 Å². The summed E-state index contributed by atoms with van der Waals surface area (Å²) in [6.07, 6.45) is 6.75. The van der Waals surface area contributed by atoms with E-state index in [1.165, 1.54) is 27.9 Å². The molecule has 3 heteroatoms. The Hall–Kier alpha value is -1.92. The number of nitrogens with zero attached hydrogens (tertiary/aromatic N) is 2. The lowest BCUT2D eigenvalue weighted by atomic mass is 9.99. The molecule has 135 valence electrons. The highest BCUT2D eigenvalue weighted by Gasteiger charge is 2.40. The SMILES string of the molecule is Cc1cc(C)n([C@H](C)[C]2[CH][CH][CH][C]2P(c2ccccc2)c2ccccc2)n1. The third kappa shape index (κ3) is 3.73. The van der Waals surface area contributed by atoms with Crippen LogP contribution in [0.15, 0.2) is 66.7 Å². The molecule has 0 unspecified atom stereocenters. The maximum Gasteiger partial charge on any atom is 0.0596 e. The second-order valence-electron chi connectivity index (χ2n) is 6.92. The summed E-state index contributed by atoms with van der Waals surface area (Å²) in [5.74, 6) is 1.36. The van der Waals surface area contributed by atoms with Gasteiger partial charge in [-0.3, -0.25) is 4.68 Å². The van der Waals surface area contributed by atoms with Gasteiger partial charge in [0.05, 0.1) is 11.7 Å². The summed E-state index contributed by atoms with van der Waals surface area (Å²) in [6.45, 7) is 6.45. The lowest BCUT2D eigenvalue weighted by molar-refractivity contribution is 0.508. The molecule has 0 N–H and O–H groups in total. The lowest BCUT2D eigenvalue weighted by Gasteiger charge is -2.32. The molecule has 0 saturated heterocycles. The average molecular weight is 371 g/mol. The highest BCUT2D eigenvalue weighted by atomic mass is 31.1. The van der Waals surface area contributed by atoms with Crippen LogP contribution in [0.2, 0.25) is 0 Å². The summed E-state index contributed by atoms with van der Waals surface area (Å²) >= 11 is 0. The van der Waals surface area contributed by atoms with Gasteiger partial charge in [0.25, 0.3) is 0 Å². The highest BCUT2D eigenvalue weighted by Crippen LogP contribution is 2.58. The standard InChI is InChI=1S/C24H24N2P/c1-18-17-19(2)26(25-18)20(3)23-15-10-16-24(23)27(21-11-6-4-7-12-21)22-13-8-5-9-14-22/h4-17,20H,1-3H3/t20-/m1/s1. The Morgan fingerprint density at radius 1 is 0.852 bits per heavy atom. The van der Waals surface area contributed by atoms with E-state index in [0.717, 1.165) is 5.69 Å². The molecular weight excluding hydrogens is 347 g/mol. The highest BCUT2D eigenvalue weighted by molar-refractivity contribution is 7.76. The van der Waals surface area contributed by atoms with E-state index in [-0.39, 0.29) is 6.04 Å². The summed E-state index contributed by atoms with van der Waals surface area (Å²) in [5, 5.41) is 7.50. The minimum atomic E-state index is -0.597. The van der Waals surface area contributed by atoms with Crippen molar-refractivity contribution in [1.29, 1.82) is 0 Å². The third-order valence-electron chi connectivity index (χ3n) is 4.96. The second-order valence-corrected chi connectivity index (χ2v) is 9.11. The number of aromatic nitrogens is 2. The van der Waals surface area contributed by atoms with Crippen LogP contribution in [0.1, 0.15) is 24.4 Å². The van der Waals surface area contributed by atoms with Gasteiger partial charge in [0, 0.05) is 17.3 Å². The molecule has 0 spiro atoms. The molecule has 0 amide bonds. The van der Waals surface area contributed by atoms with E-state index in [9.17, 15) is 0 Å². The molecule has 2 nitrogen and oxygen atoms in total. The molecule has 1 atom stereocenters. The van der Waals surface area contributed by atoms with Gasteiger partial charge >= 0.3 is 0 Å². The second kappa shape index (κ2) is 7.98. The van der Waals surface area contributed by atoms with Gasteiger partial charge in [0.15, 0.2) is 0 Å². The Bertz CT molecular complexity index is 832. The van der Waals surface area contributed by atoms with Gasteiger partial charge < -0.3 is 0 Å². The zero-order chi connectivity index (χ0) is 18.8. The van der Waals surface area contributed by atoms with Gasteiger partial charge in [0.1, 0.15) is 0 Å². The number of hydrogen-bond donors (Lipinski definition) is 0. The fourth-order valence-corrected chi connectivity index (χ4v) is 6.28. The summed E-state index contributed by atoms with van der Waals surface area (Å²) in [5.41, 5.74) is 3.69.